The van der Waals surface area contributed by atoms with Crippen LogP contribution in [-0.4, -0.2) is 35.0 Å². The number of carbonyl (C=O) groups excluding carboxylic acids is 1. The first-order valence-electron chi connectivity index (χ1n) is 6.15. The van der Waals surface area contributed by atoms with Crippen LogP contribution in [0.5, 0.6) is 0 Å². The first-order valence-corrected chi connectivity index (χ1v) is 6.15. The van der Waals surface area contributed by atoms with E-state index in [0.717, 1.165) is 0 Å². The van der Waals surface area contributed by atoms with Gasteiger partial charge in [0.2, 0.25) is 5.91 Å². The molecule has 0 saturated heterocycles. The molecule has 0 heterocycles. The van der Waals surface area contributed by atoms with Crippen LogP contribution in [0.4, 0.5) is 0 Å². The molecule has 1 N–H and O–H groups in total. The van der Waals surface area contributed by atoms with Gasteiger partial charge in [0.1, 0.15) is 0 Å². The second-order valence-corrected chi connectivity index (χ2v) is 4.85. The van der Waals surface area contributed by atoms with Gasteiger partial charge in [0.05, 0.1) is 6.42 Å². The van der Waals surface area contributed by atoms with Crippen molar-refractivity contribution in [3.63, 3.8) is 0 Å². The summed E-state index contributed by atoms with van der Waals surface area (Å²) in [4.78, 5) is 24.3. The van der Waals surface area contributed by atoms with E-state index in [1.807, 2.05) is 6.92 Å². The van der Waals surface area contributed by atoms with Gasteiger partial charge in [-0.05, 0) is 31.6 Å². The summed E-state index contributed by atoms with van der Waals surface area (Å²) < 4.78 is 0. The average Bonchev–Trinajstić information content (AvgIpc) is 2.72. The van der Waals surface area contributed by atoms with Crippen LogP contribution in [-0.2, 0) is 9.59 Å². The number of nitrogens with zero attached hydrogens (tertiary/aromatic N) is 1. The van der Waals surface area contributed by atoms with Gasteiger partial charge >= 0.3 is 5.97 Å². The molecule has 0 aromatic rings. The summed E-state index contributed by atoms with van der Waals surface area (Å²) in [6.45, 7) is 2.90. The number of carbonyl (C=O) groups is 2. The molecule has 1 amide bonds. The standard InChI is InChI=1S/C12H19NO3/c1-2-13(7-6-10(14)15)12(16)11-8-4-3-5-9(8)11/h8-9,11H,2-7H2,1H3,(H,14,15). The van der Waals surface area contributed by atoms with Crippen LogP contribution in [0, 0.1) is 17.8 Å². The molecule has 2 saturated carbocycles. The minimum atomic E-state index is -0.831. The maximum atomic E-state index is 12.1. The normalized spacial score (nSPS) is 30.9. The van der Waals surface area contributed by atoms with Crippen molar-refractivity contribution in [3.8, 4) is 0 Å². The molecule has 2 fully saturated rings. The molecule has 2 aliphatic rings. The van der Waals surface area contributed by atoms with E-state index in [0.29, 0.717) is 24.9 Å². The van der Waals surface area contributed by atoms with Gasteiger partial charge in [-0.15, -0.1) is 0 Å². The van der Waals surface area contributed by atoms with Crippen LogP contribution in [0.3, 0.4) is 0 Å². The van der Waals surface area contributed by atoms with Crippen LogP contribution in [0.15, 0.2) is 0 Å². The minimum Gasteiger partial charge on any atom is -0.481 e. The molecule has 0 aliphatic heterocycles. The smallest absolute Gasteiger partial charge is 0.305 e. The zero-order chi connectivity index (χ0) is 11.7. The number of carboxylic acid groups (broad SMARTS) is 1. The van der Waals surface area contributed by atoms with Gasteiger partial charge in [-0.3, -0.25) is 9.59 Å². The molecule has 2 rings (SSSR count). The minimum absolute atomic E-state index is 0.0572. The summed E-state index contributed by atoms with van der Waals surface area (Å²) in [5.41, 5.74) is 0. The summed E-state index contributed by atoms with van der Waals surface area (Å²) in [6.07, 6.45) is 3.71. The summed E-state index contributed by atoms with van der Waals surface area (Å²) in [6, 6.07) is 0. The molecular formula is C12H19NO3. The van der Waals surface area contributed by atoms with Gasteiger partial charge in [0.15, 0.2) is 0 Å². The second kappa shape index (κ2) is 4.44. The van der Waals surface area contributed by atoms with Crippen LogP contribution in [0.25, 0.3) is 0 Å². The van der Waals surface area contributed by atoms with Gasteiger partial charge in [0, 0.05) is 19.0 Å². The van der Waals surface area contributed by atoms with Crippen molar-refractivity contribution in [1.82, 2.24) is 4.90 Å². The molecule has 0 radical (unpaired) electrons. The second-order valence-electron chi connectivity index (χ2n) is 4.85. The van der Waals surface area contributed by atoms with Crippen LogP contribution in [0.1, 0.15) is 32.6 Å². The highest BCUT2D eigenvalue weighted by atomic mass is 16.4. The Morgan fingerprint density at radius 3 is 2.44 bits per heavy atom. The number of rotatable bonds is 5. The first-order chi connectivity index (χ1) is 7.65. The molecule has 4 nitrogen and oxygen atoms in total. The lowest BCUT2D eigenvalue weighted by Gasteiger charge is -2.20. The molecule has 2 unspecified atom stereocenters. The summed E-state index contributed by atoms with van der Waals surface area (Å²) in [5.74, 6) is 0.820. The third-order valence-corrected chi connectivity index (χ3v) is 3.98. The molecule has 2 atom stereocenters. The monoisotopic (exact) mass is 225 g/mol. The molecule has 0 spiro atoms. The Kier molecular flexibility index (Phi) is 3.17. The Morgan fingerprint density at radius 2 is 1.94 bits per heavy atom. The average molecular weight is 225 g/mol. The fourth-order valence-corrected chi connectivity index (χ4v) is 3.05. The van der Waals surface area contributed by atoms with Crippen molar-refractivity contribution >= 4 is 11.9 Å². The van der Waals surface area contributed by atoms with Crippen molar-refractivity contribution < 1.29 is 14.7 Å². The highest BCUT2D eigenvalue weighted by Gasteiger charge is 2.57. The maximum Gasteiger partial charge on any atom is 0.305 e. The van der Waals surface area contributed by atoms with E-state index in [4.69, 9.17) is 5.11 Å². The van der Waals surface area contributed by atoms with Crippen LogP contribution < -0.4 is 0 Å². The topological polar surface area (TPSA) is 57.6 Å². The lowest BCUT2D eigenvalue weighted by Crippen LogP contribution is -2.35. The number of amides is 1. The number of hydrogen-bond donors (Lipinski definition) is 1. The molecule has 16 heavy (non-hydrogen) atoms. The molecule has 4 heteroatoms. The van der Waals surface area contributed by atoms with Gasteiger partial charge in [-0.2, -0.15) is 0 Å². The molecule has 0 aromatic heterocycles. The van der Waals surface area contributed by atoms with Crippen molar-refractivity contribution in [2.75, 3.05) is 13.1 Å². The Morgan fingerprint density at radius 1 is 1.31 bits per heavy atom. The van der Waals surface area contributed by atoms with E-state index < -0.39 is 5.97 Å². The number of hydrogen-bond acceptors (Lipinski definition) is 2. The molecule has 0 aromatic carbocycles. The van der Waals surface area contributed by atoms with Crippen LogP contribution >= 0.6 is 0 Å². The van der Waals surface area contributed by atoms with Crippen molar-refractivity contribution in [1.29, 1.82) is 0 Å². The van der Waals surface area contributed by atoms with E-state index in [1.54, 1.807) is 4.90 Å². The van der Waals surface area contributed by atoms with Crippen molar-refractivity contribution in [2.45, 2.75) is 32.6 Å². The molecule has 90 valence electrons. The van der Waals surface area contributed by atoms with E-state index in [9.17, 15) is 9.59 Å². The highest BCUT2D eigenvalue weighted by molar-refractivity contribution is 5.83. The first kappa shape index (κ1) is 11.4. The Balaban J connectivity index is 1.84. The Bertz CT molecular complexity index is 293. The summed E-state index contributed by atoms with van der Waals surface area (Å²) in [7, 11) is 0. The molecule has 0 bridgehead atoms. The SMILES string of the molecule is CCN(CCC(=O)O)C(=O)C1C2CCCC21. The molecular weight excluding hydrogens is 206 g/mol. The quantitative estimate of drug-likeness (QED) is 0.768. The lowest BCUT2D eigenvalue weighted by molar-refractivity contribution is -0.139. The summed E-state index contributed by atoms with van der Waals surface area (Å²) >= 11 is 0. The predicted molar refractivity (Wildman–Crippen MR) is 58.8 cm³/mol. The molecule has 2 aliphatic carbocycles. The number of aliphatic carboxylic acids is 1. The third-order valence-electron chi connectivity index (χ3n) is 3.98. The largest absolute Gasteiger partial charge is 0.481 e. The third kappa shape index (κ3) is 2.06. The van der Waals surface area contributed by atoms with Gasteiger partial charge in [-0.25, -0.2) is 0 Å². The van der Waals surface area contributed by atoms with Gasteiger partial charge in [0.25, 0.3) is 0 Å². The fourth-order valence-electron chi connectivity index (χ4n) is 3.05. The number of fused-ring (bicyclic) bond motifs is 1. The summed E-state index contributed by atoms with van der Waals surface area (Å²) in [5, 5.41) is 8.62. The lowest BCUT2D eigenvalue weighted by atomic mass is 10.1. The van der Waals surface area contributed by atoms with E-state index in [-0.39, 0.29) is 18.2 Å². The zero-order valence-electron chi connectivity index (χ0n) is 9.69. The predicted octanol–water partition coefficient (Wildman–Crippen LogP) is 1.36. The van der Waals surface area contributed by atoms with E-state index in [2.05, 4.69) is 0 Å². The van der Waals surface area contributed by atoms with Gasteiger partial charge < -0.3 is 10.0 Å². The van der Waals surface area contributed by atoms with Crippen molar-refractivity contribution in [3.05, 3.63) is 0 Å². The van der Waals surface area contributed by atoms with Crippen LogP contribution in [0.2, 0.25) is 0 Å². The van der Waals surface area contributed by atoms with E-state index >= 15 is 0 Å². The van der Waals surface area contributed by atoms with Crippen molar-refractivity contribution in [2.24, 2.45) is 17.8 Å². The Hall–Kier alpha value is -1.06. The Labute approximate surface area is 95.6 Å². The van der Waals surface area contributed by atoms with Gasteiger partial charge in [-0.1, -0.05) is 6.42 Å². The highest BCUT2D eigenvalue weighted by Crippen LogP contribution is 2.58. The fraction of sp³-hybridized carbons (Fsp3) is 0.833. The van der Waals surface area contributed by atoms with E-state index in [1.165, 1.54) is 19.3 Å². The number of carboxylic acids is 1. The maximum absolute atomic E-state index is 12.1. The zero-order valence-corrected chi connectivity index (χ0v) is 9.69.